The van der Waals surface area contributed by atoms with E-state index >= 15 is 0 Å². The molecule has 0 unspecified atom stereocenters. The summed E-state index contributed by atoms with van der Waals surface area (Å²) >= 11 is 0. The van der Waals surface area contributed by atoms with Gasteiger partial charge in [0, 0.05) is 21.7 Å². The van der Waals surface area contributed by atoms with E-state index in [0.29, 0.717) is 5.58 Å². The second kappa shape index (κ2) is 3.38. The van der Waals surface area contributed by atoms with Crippen LogP contribution in [0.15, 0.2) is 51.7 Å². The number of aromatic amines is 1. The standard InChI is InChI=1S/C15H10N2O2/c16-11-7-8-5-6-10-9-3-1-2-4-12(9)17-13(10)14(8)19-15(11)18/h1-7,17H,16H2. The smallest absolute Gasteiger partial charge is 0.359 e. The van der Waals surface area contributed by atoms with Crippen molar-refractivity contribution in [1.29, 1.82) is 0 Å². The Labute approximate surface area is 107 Å². The Balaban J connectivity index is 2.31. The fourth-order valence-corrected chi connectivity index (χ4v) is 2.51. The van der Waals surface area contributed by atoms with Crippen molar-refractivity contribution in [3.63, 3.8) is 0 Å². The van der Waals surface area contributed by atoms with Crippen molar-refractivity contribution in [3.05, 3.63) is 52.9 Å². The number of hydrogen-bond donors (Lipinski definition) is 2. The van der Waals surface area contributed by atoms with Crippen LogP contribution >= 0.6 is 0 Å². The van der Waals surface area contributed by atoms with Gasteiger partial charge in [0.05, 0.1) is 5.52 Å². The molecule has 4 rings (SSSR count). The average molecular weight is 250 g/mol. The molecule has 2 heterocycles. The van der Waals surface area contributed by atoms with Crippen LogP contribution in [0.3, 0.4) is 0 Å². The number of nitrogen functional groups attached to an aromatic ring is 1. The molecule has 3 N–H and O–H groups in total. The lowest BCUT2D eigenvalue weighted by atomic mass is 10.1. The van der Waals surface area contributed by atoms with Crippen LogP contribution < -0.4 is 11.4 Å². The number of rotatable bonds is 0. The minimum Gasteiger partial charge on any atom is -0.419 e. The van der Waals surface area contributed by atoms with E-state index in [1.165, 1.54) is 0 Å². The number of benzene rings is 2. The highest BCUT2D eigenvalue weighted by molar-refractivity contribution is 6.15. The van der Waals surface area contributed by atoms with Crippen molar-refractivity contribution >= 4 is 38.5 Å². The molecule has 0 amide bonds. The molecular formula is C15H10N2O2. The fraction of sp³-hybridized carbons (Fsp3) is 0. The van der Waals surface area contributed by atoms with Crippen molar-refractivity contribution in [2.45, 2.75) is 0 Å². The summed E-state index contributed by atoms with van der Waals surface area (Å²) in [5.41, 5.74) is 7.61. The van der Waals surface area contributed by atoms with Gasteiger partial charge in [-0.3, -0.25) is 0 Å². The molecule has 0 atom stereocenters. The van der Waals surface area contributed by atoms with Crippen LogP contribution in [0, 0.1) is 0 Å². The van der Waals surface area contributed by atoms with Gasteiger partial charge in [0.15, 0.2) is 5.58 Å². The molecule has 4 nitrogen and oxygen atoms in total. The van der Waals surface area contributed by atoms with Crippen molar-refractivity contribution in [3.8, 4) is 0 Å². The summed E-state index contributed by atoms with van der Waals surface area (Å²) in [4.78, 5) is 14.9. The molecule has 0 spiro atoms. The summed E-state index contributed by atoms with van der Waals surface area (Å²) in [6.45, 7) is 0. The van der Waals surface area contributed by atoms with Crippen LogP contribution in [-0.2, 0) is 0 Å². The number of nitrogens with one attached hydrogen (secondary N) is 1. The van der Waals surface area contributed by atoms with E-state index in [1.54, 1.807) is 6.07 Å². The first kappa shape index (κ1) is 10.2. The van der Waals surface area contributed by atoms with Crippen molar-refractivity contribution in [1.82, 2.24) is 4.98 Å². The fourth-order valence-electron chi connectivity index (χ4n) is 2.51. The topological polar surface area (TPSA) is 72.0 Å². The van der Waals surface area contributed by atoms with Gasteiger partial charge in [-0.1, -0.05) is 30.3 Å². The highest BCUT2D eigenvalue weighted by atomic mass is 16.4. The third-order valence-electron chi connectivity index (χ3n) is 3.41. The quantitative estimate of drug-likeness (QED) is 0.471. The van der Waals surface area contributed by atoms with Crippen molar-refractivity contribution in [2.75, 3.05) is 5.73 Å². The minimum absolute atomic E-state index is 0.128. The summed E-state index contributed by atoms with van der Waals surface area (Å²) in [6.07, 6.45) is 0. The van der Waals surface area contributed by atoms with Crippen LogP contribution in [0.1, 0.15) is 0 Å². The zero-order valence-corrected chi connectivity index (χ0v) is 9.94. The summed E-state index contributed by atoms with van der Waals surface area (Å²) in [5.74, 6) is 0. The Bertz CT molecular complexity index is 995. The first-order valence-corrected chi connectivity index (χ1v) is 5.97. The first-order valence-electron chi connectivity index (χ1n) is 5.97. The lowest BCUT2D eigenvalue weighted by Gasteiger charge is -1.99. The van der Waals surface area contributed by atoms with Gasteiger partial charge >= 0.3 is 5.63 Å². The number of hydrogen-bond acceptors (Lipinski definition) is 3. The van der Waals surface area contributed by atoms with Crippen LogP contribution in [0.25, 0.3) is 32.8 Å². The molecule has 0 saturated carbocycles. The third-order valence-corrected chi connectivity index (χ3v) is 3.41. The molecule has 0 aliphatic rings. The lowest BCUT2D eigenvalue weighted by Crippen LogP contribution is -2.05. The Morgan fingerprint density at radius 2 is 1.89 bits per heavy atom. The molecule has 92 valence electrons. The van der Waals surface area contributed by atoms with Crippen LogP contribution in [0.2, 0.25) is 0 Å². The summed E-state index contributed by atoms with van der Waals surface area (Å²) < 4.78 is 5.32. The Morgan fingerprint density at radius 1 is 1.05 bits per heavy atom. The van der Waals surface area contributed by atoms with Gasteiger partial charge in [-0.15, -0.1) is 0 Å². The zero-order valence-electron chi connectivity index (χ0n) is 9.94. The molecule has 4 heteroatoms. The van der Waals surface area contributed by atoms with E-state index in [0.717, 1.165) is 27.2 Å². The second-order valence-electron chi connectivity index (χ2n) is 4.57. The molecule has 0 fully saturated rings. The molecule has 4 aromatic rings. The molecule has 0 aliphatic heterocycles. The number of nitrogens with two attached hydrogens (primary N) is 1. The number of para-hydroxylation sites is 1. The normalized spacial score (nSPS) is 11.6. The molecule has 2 aromatic carbocycles. The van der Waals surface area contributed by atoms with Gasteiger partial charge in [0.2, 0.25) is 0 Å². The first-order chi connectivity index (χ1) is 9.24. The van der Waals surface area contributed by atoms with Gasteiger partial charge in [0.1, 0.15) is 5.69 Å². The Kier molecular flexibility index (Phi) is 1.82. The third kappa shape index (κ3) is 1.31. The number of fused-ring (bicyclic) bond motifs is 5. The Morgan fingerprint density at radius 3 is 2.79 bits per heavy atom. The van der Waals surface area contributed by atoms with Gasteiger partial charge in [0.25, 0.3) is 0 Å². The molecule has 2 aromatic heterocycles. The van der Waals surface area contributed by atoms with Gasteiger partial charge < -0.3 is 15.1 Å². The predicted octanol–water partition coefficient (Wildman–Crippen LogP) is 3.01. The van der Waals surface area contributed by atoms with E-state index in [1.807, 2.05) is 36.4 Å². The number of aromatic nitrogens is 1. The van der Waals surface area contributed by atoms with E-state index < -0.39 is 5.63 Å². The van der Waals surface area contributed by atoms with Crippen LogP contribution in [-0.4, -0.2) is 4.98 Å². The Hall–Kier alpha value is -2.75. The molecule has 19 heavy (non-hydrogen) atoms. The maximum Gasteiger partial charge on any atom is 0.359 e. The molecule has 0 saturated heterocycles. The van der Waals surface area contributed by atoms with E-state index in [2.05, 4.69) is 4.98 Å². The second-order valence-corrected chi connectivity index (χ2v) is 4.57. The molecule has 0 radical (unpaired) electrons. The number of H-pyrrole nitrogens is 1. The largest absolute Gasteiger partial charge is 0.419 e. The van der Waals surface area contributed by atoms with Crippen molar-refractivity contribution in [2.24, 2.45) is 0 Å². The maximum atomic E-state index is 11.6. The highest BCUT2D eigenvalue weighted by Gasteiger charge is 2.10. The zero-order chi connectivity index (χ0) is 13.0. The average Bonchev–Trinajstić information content (AvgIpc) is 2.79. The van der Waals surface area contributed by atoms with Gasteiger partial charge in [-0.05, 0) is 12.1 Å². The number of anilines is 1. The summed E-state index contributed by atoms with van der Waals surface area (Å²) in [6, 6.07) is 13.6. The SMILES string of the molecule is Nc1cc2ccc3c4ccccc4[nH]c3c2oc1=O. The van der Waals surface area contributed by atoms with Crippen molar-refractivity contribution < 1.29 is 4.42 Å². The molecule has 0 bridgehead atoms. The van der Waals surface area contributed by atoms with Gasteiger partial charge in [-0.2, -0.15) is 0 Å². The maximum absolute atomic E-state index is 11.6. The molecule has 0 aliphatic carbocycles. The molecular weight excluding hydrogens is 240 g/mol. The van der Waals surface area contributed by atoms with Gasteiger partial charge in [-0.25, -0.2) is 4.79 Å². The summed E-state index contributed by atoms with van der Waals surface area (Å²) in [5, 5.41) is 2.96. The lowest BCUT2D eigenvalue weighted by molar-refractivity contribution is 0.567. The van der Waals surface area contributed by atoms with E-state index in [-0.39, 0.29) is 5.69 Å². The van der Waals surface area contributed by atoms with E-state index in [4.69, 9.17) is 10.2 Å². The van der Waals surface area contributed by atoms with Crippen LogP contribution in [0.4, 0.5) is 5.69 Å². The minimum atomic E-state index is -0.501. The summed E-state index contributed by atoms with van der Waals surface area (Å²) in [7, 11) is 0. The highest BCUT2D eigenvalue weighted by Crippen LogP contribution is 2.30. The predicted molar refractivity (Wildman–Crippen MR) is 76.3 cm³/mol. The monoisotopic (exact) mass is 250 g/mol. The van der Waals surface area contributed by atoms with Crippen LogP contribution in [0.5, 0.6) is 0 Å². The van der Waals surface area contributed by atoms with E-state index in [9.17, 15) is 4.79 Å².